The molecule has 6 nitrogen and oxygen atoms in total. The van der Waals surface area contributed by atoms with Gasteiger partial charge < -0.3 is 9.64 Å². The van der Waals surface area contributed by atoms with Crippen molar-refractivity contribution in [2.45, 2.75) is 84.7 Å². The first-order valence-electron chi connectivity index (χ1n) is 10.2. The lowest BCUT2D eigenvalue weighted by Crippen LogP contribution is -2.55. The van der Waals surface area contributed by atoms with E-state index in [1.54, 1.807) is 0 Å². The van der Waals surface area contributed by atoms with E-state index in [1.807, 2.05) is 58.6 Å². The molecule has 0 radical (unpaired) electrons. The molecule has 0 atom stereocenters. The van der Waals surface area contributed by atoms with Crippen LogP contribution in [-0.2, 0) is 25.6 Å². The van der Waals surface area contributed by atoms with Gasteiger partial charge in [0.05, 0.1) is 17.9 Å². The Balaban J connectivity index is 1.54. The number of rotatable bonds is 6. The van der Waals surface area contributed by atoms with Crippen molar-refractivity contribution in [2.24, 2.45) is 0 Å². The summed E-state index contributed by atoms with van der Waals surface area (Å²) in [6.07, 6.45) is 1.66. The van der Waals surface area contributed by atoms with Crippen molar-refractivity contribution < 1.29 is 19.2 Å². The third kappa shape index (κ3) is 4.34. The average molecular weight is 391 g/mol. The van der Waals surface area contributed by atoms with Gasteiger partial charge in [0.1, 0.15) is 11.2 Å². The van der Waals surface area contributed by atoms with E-state index in [0.717, 1.165) is 17.7 Å². The molecule has 2 heterocycles. The quantitative estimate of drug-likeness (QED) is 0.739. The van der Waals surface area contributed by atoms with Gasteiger partial charge in [0.25, 0.3) is 0 Å². The van der Waals surface area contributed by atoms with Gasteiger partial charge in [-0.3, -0.25) is 4.79 Å². The summed E-state index contributed by atoms with van der Waals surface area (Å²) in [6, 6.07) is 6.09. The second-order valence-electron chi connectivity index (χ2n) is 9.18. The molecular formula is C22H34N2O4. The van der Waals surface area contributed by atoms with Gasteiger partial charge in [0, 0.05) is 19.5 Å². The maximum absolute atomic E-state index is 12.4. The van der Waals surface area contributed by atoms with E-state index in [0.29, 0.717) is 19.5 Å². The van der Waals surface area contributed by atoms with Crippen molar-refractivity contribution in [3.8, 4) is 0 Å². The Labute approximate surface area is 168 Å². The summed E-state index contributed by atoms with van der Waals surface area (Å²) in [6.45, 7) is 15.6. The van der Waals surface area contributed by atoms with Crippen molar-refractivity contribution in [2.75, 3.05) is 18.3 Å². The summed E-state index contributed by atoms with van der Waals surface area (Å²) >= 11 is 0. The minimum Gasteiger partial charge on any atom is -0.372 e. The summed E-state index contributed by atoms with van der Waals surface area (Å²) in [4.78, 5) is 26.2. The zero-order valence-electron chi connectivity index (χ0n) is 18.2. The molecule has 0 bridgehead atoms. The number of ether oxygens (including phenoxy) is 1. The lowest BCUT2D eigenvalue weighted by molar-refractivity contribution is -0.148. The van der Waals surface area contributed by atoms with Gasteiger partial charge in [0.15, 0.2) is 0 Å². The van der Waals surface area contributed by atoms with Crippen LogP contribution >= 0.6 is 0 Å². The number of benzene rings is 1. The number of likely N-dealkylation sites (tertiary alicyclic amines) is 1. The van der Waals surface area contributed by atoms with Crippen molar-refractivity contribution >= 4 is 11.6 Å². The molecule has 2 saturated heterocycles. The highest BCUT2D eigenvalue weighted by Gasteiger charge is 2.50. The van der Waals surface area contributed by atoms with Gasteiger partial charge in [-0.2, -0.15) is 0 Å². The predicted molar refractivity (Wildman–Crippen MR) is 109 cm³/mol. The number of carbonyl (C=O) groups excluding carboxylic acids is 1. The molecule has 0 saturated carbocycles. The fourth-order valence-corrected chi connectivity index (χ4v) is 3.35. The smallest absolute Gasteiger partial charge is 0.223 e. The number of carbonyl (C=O) groups is 1. The molecular weight excluding hydrogens is 356 g/mol. The van der Waals surface area contributed by atoms with Crippen LogP contribution in [0.4, 0.5) is 5.69 Å². The van der Waals surface area contributed by atoms with Crippen molar-refractivity contribution in [1.82, 2.24) is 4.90 Å². The molecule has 2 fully saturated rings. The molecule has 3 rings (SSSR count). The molecule has 28 heavy (non-hydrogen) atoms. The number of hydrogen-bond donors (Lipinski definition) is 0. The Bertz CT molecular complexity index is 707. The Hall–Kier alpha value is -1.63. The van der Waals surface area contributed by atoms with Crippen LogP contribution in [0.1, 0.15) is 59.1 Å². The molecule has 6 heteroatoms. The normalized spacial score (nSPS) is 21.3. The first-order chi connectivity index (χ1) is 13.0. The van der Waals surface area contributed by atoms with E-state index in [9.17, 15) is 4.79 Å². The molecule has 0 aliphatic carbocycles. The molecule has 2 aliphatic heterocycles. The molecule has 1 amide bonds. The molecule has 156 valence electrons. The van der Waals surface area contributed by atoms with Crippen molar-refractivity contribution in [1.29, 1.82) is 0 Å². The van der Waals surface area contributed by atoms with Crippen LogP contribution in [0.25, 0.3) is 0 Å². The zero-order valence-corrected chi connectivity index (χ0v) is 18.2. The van der Waals surface area contributed by atoms with Crippen LogP contribution in [-0.4, -0.2) is 47.3 Å². The topological polar surface area (TPSA) is 51.2 Å². The third-order valence-corrected chi connectivity index (χ3v) is 5.88. The fraction of sp³-hybridized carbons (Fsp3) is 0.682. The lowest BCUT2D eigenvalue weighted by Gasteiger charge is -2.40. The van der Waals surface area contributed by atoms with Gasteiger partial charge in [0.2, 0.25) is 5.91 Å². The second-order valence-corrected chi connectivity index (χ2v) is 9.18. The van der Waals surface area contributed by atoms with Crippen molar-refractivity contribution in [3.05, 3.63) is 29.3 Å². The zero-order chi connectivity index (χ0) is 20.7. The number of amides is 1. The van der Waals surface area contributed by atoms with Gasteiger partial charge in [-0.15, -0.1) is 5.23 Å². The van der Waals surface area contributed by atoms with Gasteiger partial charge in [-0.05, 0) is 78.1 Å². The molecule has 0 spiro atoms. The summed E-state index contributed by atoms with van der Waals surface area (Å²) in [5.41, 5.74) is 2.33. The number of hydrogen-bond acceptors (Lipinski definition) is 5. The highest BCUT2D eigenvalue weighted by atomic mass is 17.0. The standard InChI is InChI=1S/C22H34N2O4/c1-15(2)26-19-13-23(14-19)20(25)11-9-17-8-10-18(12-16(17)3)24-27-21(4,5)22(6,7)28-24/h8,10,12,15,19H,9,11,13-14H2,1-7H3. The van der Waals surface area contributed by atoms with Crippen LogP contribution in [0.15, 0.2) is 18.2 Å². The van der Waals surface area contributed by atoms with E-state index in [-0.39, 0.29) is 18.1 Å². The van der Waals surface area contributed by atoms with Crippen LogP contribution < -0.4 is 5.23 Å². The Kier molecular flexibility index (Phi) is 5.76. The summed E-state index contributed by atoms with van der Waals surface area (Å²) in [5.74, 6) is 0.196. The summed E-state index contributed by atoms with van der Waals surface area (Å²) in [7, 11) is 0. The first-order valence-corrected chi connectivity index (χ1v) is 10.2. The van der Waals surface area contributed by atoms with Crippen LogP contribution in [0.5, 0.6) is 0 Å². The Morgan fingerprint density at radius 2 is 1.79 bits per heavy atom. The van der Waals surface area contributed by atoms with E-state index in [1.165, 1.54) is 10.8 Å². The lowest BCUT2D eigenvalue weighted by atomic mass is 9.90. The predicted octanol–water partition coefficient (Wildman–Crippen LogP) is 3.80. The monoisotopic (exact) mass is 390 g/mol. The molecule has 0 unspecified atom stereocenters. The number of anilines is 1. The highest BCUT2D eigenvalue weighted by molar-refractivity contribution is 5.77. The first kappa shape index (κ1) is 21.1. The van der Waals surface area contributed by atoms with Gasteiger partial charge in [-0.1, -0.05) is 6.07 Å². The fourth-order valence-electron chi connectivity index (χ4n) is 3.35. The van der Waals surface area contributed by atoms with Crippen LogP contribution in [0.3, 0.4) is 0 Å². The molecule has 0 N–H and O–H groups in total. The van der Waals surface area contributed by atoms with E-state index >= 15 is 0 Å². The van der Waals surface area contributed by atoms with E-state index in [2.05, 4.69) is 13.0 Å². The Morgan fingerprint density at radius 3 is 2.32 bits per heavy atom. The molecule has 2 aliphatic rings. The second kappa shape index (κ2) is 7.65. The minimum atomic E-state index is -0.416. The van der Waals surface area contributed by atoms with Crippen LogP contribution in [0, 0.1) is 6.92 Å². The third-order valence-electron chi connectivity index (χ3n) is 5.88. The van der Waals surface area contributed by atoms with Gasteiger partial charge >= 0.3 is 0 Å². The van der Waals surface area contributed by atoms with Crippen LogP contribution in [0.2, 0.25) is 0 Å². The average Bonchev–Trinajstić information content (AvgIpc) is 2.76. The largest absolute Gasteiger partial charge is 0.372 e. The highest BCUT2D eigenvalue weighted by Crippen LogP contribution is 2.40. The van der Waals surface area contributed by atoms with E-state index < -0.39 is 11.2 Å². The maximum atomic E-state index is 12.4. The minimum absolute atomic E-state index is 0.193. The molecule has 1 aromatic carbocycles. The summed E-state index contributed by atoms with van der Waals surface area (Å²) < 4.78 is 5.72. The summed E-state index contributed by atoms with van der Waals surface area (Å²) in [5, 5.41) is 1.51. The van der Waals surface area contributed by atoms with Crippen molar-refractivity contribution in [3.63, 3.8) is 0 Å². The number of nitrogens with zero attached hydrogens (tertiary/aromatic N) is 2. The molecule has 0 aromatic heterocycles. The Morgan fingerprint density at radius 1 is 1.18 bits per heavy atom. The number of aryl methyl sites for hydroxylation is 2. The maximum Gasteiger partial charge on any atom is 0.223 e. The van der Waals surface area contributed by atoms with Gasteiger partial charge in [-0.25, -0.2) is 9.68 Å². The molecule has 1 aromatic rings. The SMILES string of the molecule is Cc1cc(N2OC(C)(C)C(C)(C)O2)ccc1CCC(=O)N1CC(OC(C)C)C1. The van der Waals surface area contributed by atoms with E-state index in [4.69, 9.17) is 14.4 Å².